The Morgan fingerprint density at radius 1 is 1.10 bits per heavy atom. The molecule has 1 saturated heterocycles. The number of carbonyl (C=O) groups is 2. The average molecular weight is 423 g/mol. The lowest BCUT2D eigenvalue weighted by Crippen LogP contribution is -2.31. The third-order valence-electron chi connectivity index (χ3n) is 5.01. The van der Waals surface area contributed by atoms with Crippen molar-refractivity contribution < 1.29 is 9.59 Å². The van der Waals surface area contributed by atoms with E-state index in [1.807, 2.05) is 24.3 Å². The Balaban J connectivity index is 1.39. The van der Waals surface area contributed by atoms with E-state index in [1.54, 1.807) is 33.9 Å². The number of nitrogens with zero attached hydrogens (tertiary/aromatic N) is 3. The predicted molar refractivity (Wildman–Crippen MR) is 114 cm³/mol. The Hall–Kier alpha value is -3.45. The molecule has 0 aliphatic carbocycles. The number of amides is 2. The first kappa shape index (κ1) is 19.8. The van der Waals surface area contributed by atoms with Gasteiger partial charge in [0.2, 0.25) is 5.91 Å². The number of pyridine rings is 2. The summed E-state index contributed by atoms with van der Waals surface area (Å²) in [6.45, 7) is 0.902. The van der Waals surface area contributed by atoms with Crippen LogP contribution in [0.25, 0.3) is 5.69 Å². The first-order valence-corrected chi connectivity index (χ1v) is 9.87. The Labute approximate surface area is 177 Å². The van der Waals surface area contributed by atoms with Gasteiger partial charge in [0, 0.05) is 60.8 Å². The van der Waals surface area contributed by atoms with Gasteiger partial charge in [-0.2, -0.15) is 0 Å². The Morgan fingerprint density at radius 2 is 1.87 bits per heavy atom. The highest BCUT2D eigenvalue weighted by atomic mass is 35.5. The summed E-state index contributed by atoms with van der Waals surface area (Å²) < 4.78 is 1.54. The van der Waals surface area contributed by atoms with Crippen LogP contribution in [0.2, 0.25) is 5.15 Å². The lowest BCUT2D eigenvalue weighted by atomic mass is 10.1. The summed E-state index contributed by atoms with van der Waals surface area (Å²) in [5.74, 6) is -0.233. The summed E-state index contributed by atoms with van der Waals surface area (Å²) in [6, 6.07) is 15.3. The number of rotatable bonds is 5. The van der Waals surface area contributed by atoms with Crippen molar-refractivity contribution in [3.8, 4) is 5.69 Å². The first-order valence-electron chi connectivity index (χ1n) is 9.49. The van der Waals surface area contributed by atoms with Gasteiger partial charge in [-0.3, -0.25) is 19.0 Å². The Kier molecular flexibility index (Phi) is 5.63. The summed E-state index contributed by atoms with van der Waals surface area (Å²) in [5.41, 5.74) is 1.81. The largest absolute Gasteiger partial charge is 0.352 e. The van der Waals surface area contributed by atoms with Crippen LogP contribution in [0.4, 0.5) is 5.69 Å². The fourth-order valence-electron chi connectivity index (χ4n) is 3.48. The topological polar surface area (TPSA) is 84.3 Å². The molecule has 1 aliphatic rings. The molecule has 1 aliphatic heterocycles. The molecule has 7 nitrogen and oxygen atoms in total. The first-order chi connectivity index (χ1) is 14.5. The van der Waals surface area contributed by atoms with Crippen LogP contribution in [0.5, 0.6) is 0 Å². The van der Waals surface area contributed by atoms with Crippen LogP contribution in [-0.2, 0) is 4.79 Å². The van der Waals surface area contributed by atoms with Gasteiger partial charge in [-0.15, -0.1) is 0 Å². The molecular formula is C22H19ClN4O3. The number of halogens is 1. The molecule has 4 rings (SSSR count). The molecular weight excluding hydrogens is 404 g/mol. The van der Waals surface area contributed by atoms with Crippen LogP contribution in [0.1, 0.15) is 16.8 Å². The molecule has 2 amide bonds. The SMILES string of the molecule is O=C(NCC1CC(=O)N(c2ccc(-n3ccccc3=O)cc2)C1)c1ccnc(Cl)c1. The number of benzene rings is 1. The molecule has 152 valence electrons. The molecule has 1 aromatic carbocycles. The summed E-state index contributed by atoms with van der Waals surface area (Å²) in [7, 11) is 0. The normalized spacial score (nSPS) is 16.0. The Morgan fingerprint density at radius 3 is 2.60 bits per heavy atom. The van der Waals surface area contributed by atoms with E-state index in [9.17, 15) is 14.4 Å². The average Bonchev–Trinajstić information content (AvgIpc) is 3.13. The molecule has 2 aromatic heterocycles. The van der Waals surface area contributed by atoms with Crippen molar-refractivity contribution in [2.75, 3.05) is 18.0 Å². The smallest absolute Gasteiger partial charge is 0.255 e. The number of anilines is 1. The third-order valence-corrected chi connectivity index (χ3v) is 5.21. The van der Waals surface area contributed by atoms with Gasteiger partial charge >= 0.3 is 0 Å². The molecule has 3 heterocycles. The van der Waals surface area contributed by atoms with Crippen molar-refractivity contribution >= 4 is 29.1 Å². The summed E-state index contributed by atoms with van der Waals surface area (Å²) in [5, 5.41) is 3.11. The molecule has 1 atom stereocenters. The van der Waals surface area contributed by atoms with Crippen LogP contribution in [0.3, 0.4) is 0 Å². The molecule has 0 bridgehead atoms. The number of hydrogen-bond acceptors (Lipinski definition) is 4. The maximum absolute atomic E-state index is 12.5. The van der Waals surface area contributed by atoms with E-state index in [0.29, 0.717) is 25.1 Å². The van der Waals surface area contributed by atoms with Gasteiger partial charge in [-0.1, -0.05) is 17.7 Å². The van der Waals surface area contributed by atoms with Gasteiger partial charge in [0.25, 0.3) is 11.5 Å². The fraction of sp³-hybridized carbons (Fsp3) is 0.182. The quantitative estimate of drug-likeness (QED) is 0.641. The predicted octanol–water partition coefficient (Wildman–Crippen LogP) is 2.67. The number of hydrogen-bond donors (Lipinski definition) is 1. The lowest BCUT2D eigenvalue weighted by Gasteiger charge is -2.18. The number of nitrogens with one attached hydrogen (secondary N) is 1. The second-order valence-corrected chi connectivity index (χ2v) is 7.46. The maximum atomic E-state index is 12.5. The van der Waals surface area contributed by atoms with Gasteiger partial charge in [0.1, 0.15) is 5.15 Å². The van der Waals surface area contributed by atoms with Crippen molar-refractivity contribution in [1.82, 2.24) is 14.9 Å². The van der Waals surface area contributed by atoms with E-state index < -0.39 is 0 Å². The zero-order valence-electron chi connectivity index (χ0n) is 16.0. The minimum Gasteiger partial charge on any atom is -0.352 e. The van der Waals surface area contributed by atoms with Crippen molar-refractivity contribution in [1.29, 1.82) is 0 Å². The molecule has 1 N–H and O–H groups in total. The van der Waals surface area contributed by atoms with Gasteiger partial charge in [0.15, 0.2) is 0 Å². The van der Waals surface area contributed by atoms with E-state index in [0.717, 1.165) is 11.4 Å². The Bertz CT molecular complexity index is 1140. The van der Waals surface area contributed by atoms with Crippen LogP contribution in [-0.4, -0.2) is 34.5 Å². The molecule has 1 unspecified atom stereocenters. The highest BCUT2D eigenvalue weighted by Gasteiger charge is 2.30. The van der Waals surface area contributed by atoms with E-state index in [4.69, 9.17) is 11.6 Å². The summed E-state index contributed by atoms with van der Waals surface area (Å²) in [6.07, 6.45) is 3.54. The molecule has 0 radical (unpaired) electrons. The van der Waals surface area contributed by atoms with Crippen LogP contribution in [0.15, 0.2) is 71.8 Å². The molecule has 1 fully saturated rings. The monoisotopic (exact) mass is 422 g/mol. The fourth-order valence-corrected chi connectivity index (χ4v) is 3.66. The third kappa shape index (κ3) is 4.26. The van der Waals surface area contributed by atoms with Gasteiger partial charge in [0.05, 0.1) is 0 Å². The molecule has 3 aromatic rings. The zero-order chi connectivity index (χ0) is 21.1. The van der Waals surface area contributed by atoms with Gasteiger partial charge in [-0.05, 0) is 42.5 Å². The highest BCUT2D eigenvalue weighted by Crippen LogP contribution is 2.25. The van der Waals surface area contributed by atoms with Crippen LogP contribution in [0, 0.1) is 5.92 Å². The molecule has 30 heavy (non-hydrogen) atoms. The van der Waals surface area contributed by atoms with E-state index >= 15 is 0 Å². The van der Waals surface area contributed by atoms with Crippen LogP contribution < -0.4 is 15.8 Å². The van der Waals surface area contributed by atoms with Crippen molar-refractivity contribution in [2.45, 2.75) is 6.42 Å². The molecule has 8 heteroatoms. The van der Waals surface area contributed by atoms with Crippen molar-refractivity contribution in [3.63, 3.8) is 0 Å². The lowest BCUT2D eigenvalue weighted by molar-refractivity contribution is -0.117. The maximum Gasteiger partial charge on any atom is 0.255 e. The minimum atomic E-state index is -0.247. The van der Waals surface area contributed by atoms with Crippen molar-refractivity contribution in [2.24, 2.45) is 5.92 Å². The summed E-state index contributed by atoms with van der Waals surface area (Å²) >= 11 is 5.82. The van der Waals surface area contributed by atoms with Gasteiger partial charge < -0.3 is 10.2 Å². The van der Waals surface area contributed by atoms with E-state index in [1.165, 1.54) is 18.3 Å². The minimum absolute atomic E-state index is 0.00540. The zero-order valence-corrected chi connectivity index (χ0v) is 16.7. The second kappa shape index (κ2) is 8.51. The highest BCUT2D eigenvalue weighted by molar-refractivity contribution is 6.29. The van der Waals surface area contributed by atoms with E-state index in [2.05, 4.69) is 10.3 Å². The van der Waals surface area contributed by atoms with Crippen molar-refractivity contribution in [3.05, 3.63) is 88.1 Å². The number of carbonyl (C=O) groups excluding carboxylic acids is 2. The standard InChI is InChI=1S/C22H19ClN4O3/c23-19-12-16(8-9-24-19)22(30)25-13-15-11-21(29)27(14-15)18-6-4-17(5-7-18)26-10-2-1-3-20(26)28/h1-10,12,15H,11,13-14H2,(H,25,30). The summed E-state index contributed by atoms with van der Waals surface area (Å²) in [4.78, 5) is 42.3. The molecule has 0 spiro atoms. The second-order valence-electron chi connectivity index (χ2n) is 7.08. The molecule has 0 saturated carbocycles. The van der Waals surface area contributed by atoms with E-state index in [-0.39, 0.29) is 28.4 Å². The van der Waals surface area contributed by atoms with Gasteiger partial charge in [-0.25, -0.2) is 4.98 Å². The van der Waals surface area contributed by atoms with Crippen LogP contribution >= 0.6 is 11.6 Å². The number of aromatic nitrogens is 2.